The van der Waals surface area contributed by atoms with Crippen molar-refractivity contribution in [1.29, 1.82) is 0 Å². The third kappa shape index (κ3) is 4.18. The molecule has 0 bridgehead atoms. The number of halogens is 1. The van der Waals surface area contributed by atoms with Gasteiger partial charge < -0.3 is 14.0 Å². The highest BCUT2D eigenvalue weighted by Crippen LogP contribution is 2.11. The van der Waals surface area contributed by atoms with Crippen LogP contribution >= 0.6 is 15.9 Å². The van der Waals surface area contributed by atoms with Crippen molar-refractivity contribution in [1.82, 2.24) is 9.55 Å². The van der Waals surface area contributed by atoms with Gasteiger partial charge in [0.2, 0.25) is 5.88 Å². The minimum absolute atomic E-state index is 0.0492. The maximum absolute atomic E-state index is 11.8. The smallest absolute Gasteiger partial charge is 0.250 e. The molecule has 106 valence electrons. The third-order valence-corrected chi connectivity index (χ3v) is 3.11. The number of rotatable bonds is 6. The highest BCUT2D eigenvalue weighted by atomic mass is 79.9. The molecule has 0 atom stereocenters. The Balaban J connectivity index is 2.11. The monoisotopic (exact) mass is 338 g/mol. The molecular weight excluding hydrogens is 324 g/mol. The molecule has 6 heteroatoms. The van der Waals surface area contributed by atoms with Crippen molar-refractivity contribution in [2.45, 2.75) is 6.54 Å². The molecule has 0 aliphatic heterocycles. The van der Waals surface area contributed by atoms with E-state index in [1.807, 2.05) is 12.1 Å². The Hall–Kier alpha value is -1.66. The summed E-state index contributed by atoms with van der Waals surface area (Å²) in [7, 11) is 1.62. The van der Waals surface area contributed by atoms with E-state index in [0.717, 1.165) is 10.0 Å². The van der Waals surface area contributed by atoms with Crippen LogP contribution in [0.3, 0.4) is 0 Å². The second kappa shape index (κ2) is 7.21. The molecule has 0 aromatic carbocycles. The van der Waals surface area contributed by atoms with Crippen LogP contribution in [0.25, 0.3) is 0 Å². The Morgan fingerprint density at radius 2 is 2.15 bits per heavy atom. The summed E-state index contributed by atoms with van der Waals surface area (Å²) in [6, 6.07) is 6.94. The van der Waals surface area contributed by atoms with Gasteiger partial charge in [-0.15, -0.1) is 0 Å². The lowest BCUT2D eigenvalue weighted by molar-refractivity contribution is 0.143. The van der Waals surface area contributed by atoms with Crippen molar-refractivity contribution in [3.8, 4) is 5.88 Å². The van der Waals surface area contributed by atoms with Crippen molar-refractivity contribution in [2.75, 3.05) is 20.3 Å². The van der Waals surface area contributed by atoms with E-state index >= 15 is 0 Å². The van der Waals surface area contributed by atoms with Gasteiger partial charge in [0.25, 0.3) is 5.56 Å². The number of hydrogen-bond donors (Lipinski definition) is 0. The molecule has 0 radical (unpaired) electrons. The summed E-state index contributed by atoms with van der Waals surface area (Å²) >= 11 is 3.36. The average Bonchev–Trinajstić information content (AvgIpc) is 2.44. The van der Waals surface area contributed by atoms with Crippen molar-refractivity contribution in [3.05, 3.63) is 57.0 Å². The highest BCUT2D eigenvalue weighted by Gasteiger charge is 2.02. The standard InChI is InChI=1S/C14H15BrN2O3/c1-19-6-7-20-13-8-11(4-5-16-13)9-17-10-12(15)2-3-14(17)18/h2-5,8,10H,6-7,9H2,1H3. The van der Waals surface area contributed by atoms with Crippen LogP contribution in [0.2, 0.25) is 0 Å². The topological polar surface area (TPSA) is 53.4 Å². The quantitative estimate of drug-likeness (QED) is 0.756. The van der Waals surface area contributed by atoms with Gasteiger partial charge in [0, 0.05) is 36.1 Å². The minimum Gasteiger partial charge on any atom is -0.475 e. The Morgan fingerprint density at radius 1 is 1.30 bits per heavy atom. The molecular formula is C14H15BrN2O3. The van der Waals surface area contributed by atoms with Crippen molar-refractivity contribution >= 4 is 15.9 Å². The average molecular weight is 339 g/mol. The fourth-order valence-corrected chi connectivity index (χ4v) is 2.06. The van der Waals surface area contributed by atoms with E-state index in [0.29, 0.717) is 25.6 Å². The lowest BCUT2D eigenvalue weighted by Gasteiger charge is -2.08. The maximum Gasteiger partial charge on any atom is 0.250 e. The van der Waals surface area contributed by atoms with Crippen LogP contribution in [0.15, 0.2) is 45.9 Å². The van der Waals surface area contributed by atoms with E-state index in [-0.39, 0.29) is 5.56 Å². The van der Waals surface area contributed by atoms with E-state index in [1.54, 1.807) is 30.1 Å². The molecule has 2 heterocycles. The van der Waals surface area contributed by atoms with Crippen LogP contribution in [0, 0.1) is 0 Å². The summed E-state index contributed by atoms with van der Waals surface area (Å²) in [6.45, 7) is 1.43. The third-order valence-electron chi connectivity index (χ3n) is 2.64. The van der Waals surface area contributed by atoms with E-state index in [2.05, 4.69) is 20.9 Å². The first kappa shape index (κ1) is 14.7. The Morgan fingerprint density at radius 3 is 2.95 bits per heavy atom. The van der Waals surface area contributed by atoms with Gasteiger partial charge in [-0.25, -0.2) is 4.98 Å². The van der Waals surface area contributed by atoms with Gasteiger partial charge in [-0.2, -0.15) is 0 Å². The van der Waals surface area contributed by atoms with E-state index < -0.39 is 0 Å². The summed E-state index contributed by atoms with van der Waals surface area (Å²) < 4.78 is 12.8. The zero-order valence-electron chi connectivity index (χ0n) is 11.1. The molecule has 5 nitrogen and oxygen atoms in total. The molecule has 0 N–H and O–H groups in total. The van der Waals surface area contributed by atoms with Crippen LogP contribution in [-0.4, -0.2) is 29.9 Å². The highest BCUT2D eigenvalue weighted by molar-refractivity contribution is 9.10. The van der Waals surface area contributed by atoms with Crippen LogP contribution in [0.5, 0.6) is 5.88 Å². The lowest BCUT2D eigenvalue weighted by Crippen LogP contribution is -2.18. The first-order chi connectivity index (χ1) is 9.69. The predicted molar refractivity (Wildman–Crippen MR) is 79.1 cm³/mol. The molecule has 2 aromatic heterocycles. The number of methoxy groups -OCH3 is 1. The summed E-state index contributed by atoms with van der Waals surface area (Å²) in [5.41, 5.74) is 0.902. The number of pyridine rings is 2. The molecule has 2 aromatic rings. The maximum atomic E-state index is 11.8. The Kier molecular flexibility index (Phi) is 5.31. The van der Waals surface area contributed by atoms with Gasteiger partial charge in [0.15, 0.2) is 0 Å². The zero-order chi connectivity index (χ0) is 14.4. The van der Waals surface area contributed by atoms with Crippen LogP contribution in [0.4, 0.5) is 0 Å². The van der Waals surface area contributed by atoms with Crippen molar-refractivity contribution in [2.24, 2.45) is 0 Å². The minimum atomic E-state index is -0.0492. The fourth-order valence-electron chi connectivity index (χ4n) is 1.68. The number of ether oxygens (including phenoxy) is 2. The first-order valence-corrected chi connectivity index (χ1v) is 6.91. The molecule has 0 fully saturated rings. The SMILES string of the molecule is COCCOc1cc(Cn2cc(Br)ccc2=O)ccn1. The van der Waals surface area contributed by atoms with Gasteiger partial charge >= 0.3 is 0 Å². The normalized spacial score (nSPS) is 10.5. The molecule has 0 unspecified atom stereocenters. The number of hydrogen-bond acceptors (Lipinski definition) is 4. The van der Waals surface area contributed by atoms with E-state index in [9.17, 15) is 4.79 Å². The van der Waals surface area contributed by atoms with Crippen LogP contribution in [-0.2, 0) is 11.3 Å². The first-order valence-electron chi connectivity index (χ1n) is 6.11. The molecule has 0 amide bonds. The van der Waals surface area contributed by atoms with Crippen LogP contribution in [0.1, 0.15) is 5.56 Å². The van der Waals surface area contributed by atoms with Crippen LogP contribution < -0.4 is 10.3 Å². The van der Waals surface area contributed by atoms with Gasteiger partial charge in [-0.1, -0.05) is 0 Å². The summed E-state index contributed by atoms with van der Waals surface area (Å²) in [6.07, 6.45) is 3.43. The second-order valence-electron chi connectivity index (χ2n) is 4.16. The molecule has 0 aliphatic carbocycles. The molecule has 2 rings (SSSR count). The largest absolute Gasteiger partial charge is 0.475 e. The van der Waals surface area contributed by atoms with Gasteiger partial charge in [-0.3, -0.25) is 4.79 Å². The van der Waals surface area contributed by atoms with Gasteiger partial charge in [0.1, 0.15) is 6.61 Å². The number of aromatic nitrogens is 2. The fraction of sp³-hybridized carbons (Fsp3) is 0.286. The van der Waals surface area contributed by atoms with Gasteiger partial charge in [-0.05, 0) is 33.6 Å². The zero-order valence-corrected chi connectivity index (χ0v) is 12.7. The molecule has 0 saturated heterocycles. The molecule has 0 spiro atoms. The van der Waals surface area contributed by atoms with E-state index in [4.69, 9.17) is 9.47 Å². The van der Waals surface area contributed by atoms with Crippen molar-refractivity contribution in [3.63, 3.8) is 0 Å². The summed E-state index contributed by atoms with van der Waals surface area (Å²) in [4.78, 5) is 15.9. The summed E-state index contributed by atoms with van der Waals surface area (Å²) in [5, 5.41) is 0. The van der Waals surface area contributed by atoms with Crippen molar-refractivity contribution < 1.29 is 9.47 Å². The Bertz CT molecular complexity index is 628. The Labute approximate surface area is 125 Å². The predicted octanol–water partition coefficient (Wildman–Crippen LogP) is 2.08. The molecule has 0 aliphatic rings. The van der Waals surface area contributed by atoms with E-state index in [1.165, 1.54) is 6.07 Å². The molecule has 20 heavy (non-hydrogen) atoms. The molecule has 0 saturated carbocycles. The number of nitrogens with zero attached hydrogens (tertiary/aromatic N) is 2. The lowest BCUT2D eigenvalue weighted by atomic mass is 10.2. The van der Waals surface area contributed by atoms with Gasteiger partial charge in [0.05, 0.1) is 13.2 Å². The summed E-state index contributed by atoms with van der Waals surface area (Å²) in [5.74, 6) is 0.530. The second-order valence-corrected chi connectivity index (χ2v) is 5.07.